The number of hydrogen-bond acceptors (Lipinski definition) is 6. The molecule has 3 N–H and O–H groups in total. The van der Waals surface area contributed by atoms with E-state index in [1.54, 1.807) is 7.05 Å². The van der Waals surface area contributed by atoms with Crippen LogP contribution in [0.2, 0.25) is 0 Å². The van der Waals surface area contributed by atoms with Gasteiger partial charge >= 0.3 is 0 Å². The second kappa shape index (κ2) is 3.50. The van der Waals surface area contributed by atoms with Gasteiger partial charge in [0, 0.05) is 6.42 Å². The van der Waals surface area contributed by atoms with E-state index in [1.165, 1.54) is 11.1 Å². The van der Waals surface area contributed by atoms with Crippen molar-refractivity contribution in [3.05, 3.63) is 18.0 Å². The smallest absolute Gasteiger partial charge is 0.176 e. The van der Waals surface area contributed by atoms with Crippen LogP contribution in [-0.4, -0.2) is 35.4 Å². The van der Waals surface area contributed by atoms with Gasteiger partial charge in [0.25, 0.3) is 0 Å². The third kappa shape index (κ3) is 1.74. The number of nitrogens with two attached hydrogens (primary N) is 1. The predicted octanol–water partition coefficient (Wildman–Crippen LogP) is -1.43. The predicted molar refractivity (Wildman–Crippen MR) is 45.8 cm³/mol. The van der Waals surface area contributed by atoms with Gasteiger partial charge in [-0.15, -0.1) is 10.2 Å². The topological polar surface area (TPSA) is 111 Å². The Morgan fingerprint density at radius 2 is 2.50 bits per heavy atom. The highest BCUT2D eigenvalue weighted by molar-refractivity contribution is 4.95. The number of nitrogens with one attached hydrogen (secondary N) is 1. The summed E-state index contributed by atoms with van der Waals surface area (Å²) in [5, 5.41) is 18.0. The largest absolute Gasteiger partial charge is 0.321 e. The fraction of sp³-hybridized carbons (Fsp3) is 0.500. The standard InChI is InChI=1S/C6H10N8/c1-14-12-5(10-13-14)2-4(7)6-8-3-9-11-6/h3-4H,2,7H2,1H3,(H,8,9,11). The van der Waals surface area contributed by atoms with Crippen molar-refractivity contribution in [1.82, 2.24) is 35.4 Å². The van der Waals surface area contributed by atoms with Crippen molar-refractivity contribution in [3.8, 4) is 0 Å². The third-order valence-electron chi connectivity index (χ3n) is 1.74. The van der Waals surface area contributed by atoms with E-state index in [0.717, 1.165) is 0 Å². The van der Waals surface area contributed by atoms with E-state index in [4.69, 9.17) is 5.73 Å². The zero-order valence-corrected chi connectivity index (χ0v) is 7.62. The highest BCUT2D eigenvalue weighted by Crippen LogP contribution is 2.06. The molecular formula is C6H10N8. The maximum absolute atomic E-state index is 5.83. The molecule has 2 aromatic heterocycles. The van der Waals surface area contributed by atoms with Gasteiger partial charge < -0.3 is 5.73 Å². The van der Waals surface area contributed by atoms with Crippen molar-refractivity contribution in [2.75, 3.05) is 0 Å². The van der Waals surface area contributed by atoms with Crippen LogP contribution in [0.4, 0.5) is 0 Å². The maximum Gasteiger partial charge on any atom is 0.176 e. The van der Waals surface area contributed by atoms with E-state index < -0.39 is 0 Å². The zero-order valence-electron chi connectivity index (χ0n) is 7.62. The molecule has 8 heteroatoms. The first-order chi connectivity index (χ1) is 6.75. The minimum Gasteiger partial charge on any atom is -0.321 e. The van der Waals surface area contributed by atoms with Gasteiger partial charge in [-0.05, 0) is 5.21 Å². The van der Waals surface area contributed by atoms with Gasteiger partial charge in [-0.25, -0.2) is 4.98 Å². The lowest BCUT2D eigenvalue weighted by Gasteiger charge is -2.03. The van der Waals surface area contributed by atoms with E-state index in [9.17, 15) is 0 Å². The number of aromatic nitrogens is 7. The monoisotopic (exact) mass is 194 g/mol. The number of hydrogen-bond donors (Lipinski definition) is 2. The molecule has 2 rings (SSSR count). The summed E-state index contributed by atoms with van der Waals surface area (Å²) in [6.45, 7) is 0. The molecule has 0 aliphatic carbocycles. The number of H-pyrrole nitrogens is 1. The fourth-order valence-electron chi connectivity index (χ4n) is 1.09. The van der Waals surface area contributed by atoms with E-state index in [2.05, 4.69) is 30.6 Å². The Hall–Kier alpha value is -1.83. The van der Waals surface area contributed by atoms with Gasteiger partial charge in [-0.2, -0.15) is 9.90 Å². The SMILES string of the molecule is Cn1nnc(CC(N)c2ncn[nH]2)n1. The molecule has 8 nitrogen and oxygen atoms in total. The normalized spacial score (nSPS) is 13.0. The molecule has 0 aliphatic rings. The Morgan fingerprint density at radius 1 is 1.64 bits per heavy atom. The molecule has 1 atom stereocenters. The molecule has 2 aromatic rings. The summed E-state index contributed by atoms with van der Waals surface area (Å²) in [5.41, 5.74) is 5.83. The first-order valence-corrected chi connectivity index (χ1v) is 4.09. The van der Waals surface area contributed by atoms with Crippen LogP contribution in [-0.2, 0) is 13.5 Å². The maximum atomic E-state index is 5.83. The van der Waals surface area contributed by atoms with E-state index in [0.29, 0.717) is 18.1 Å². The molecule has 0 spiro atoms. The van der Waals surface area contributed by atoms with E-state index >= 15 is 0 Å². The molecule has 0 aromatic carbocycles. The molecule has 0 saturated carbocycles. The van der Waals surface area contributed by atoms with Crippen LogP contribution in [0, 0.1) is 0 Å². The molecular weight excluding hydrogens is 184 g/mol. The van der Waals surface area contributed by atoms with E-state index in [1.807, 2.05) is 0 Å². The van der Waals surface area contributed by atoms with Gasteiger partial charge in [-0.3, -0.25) is 5.10 Å². The summed E-state index contributed by atoms with van der Waals surface area (Å²) in [4.78, 5) is 5.34. The van der Waals surface area contributed by atoms with Gasteiger partial charge in [0.15, 0.2) is 5.82 Å². The van der Waals surface area contributed by atoms with Crippen LogP contribution in [0.15, 0.2) is 6.33 Å². The van der Waals surface area contributed by atoms with E-state index in [-0.39, 0.29) is 6.04 Å². The van der Waals surface area contributed by atoms with Gasteiger partial charge in [-0.1, -0.05) is 0 Å². The highest BCUT2D eigenvalue weighted by atomic mass is 15.6. The molecule has 1 unspecified atom stereocenters. The van der Waals surface area contributed by atoms with Crippen LogP contribution in [0.1, 0.15) is 17.7 Å². The Balaban J connectivity index is 2.05. The minimum atomic E-state index is -0.276. The summed E-state index contributed by atoms with van der Waals surface area (Å²) in [7, 11) is 1.70. The van der Waals surface area contributed by atoms with Gasteiger partial charge in [0.05, 0.1) is 13.1 Å². The lowest BCUT2D eigenvalue weighted by Crippen LogP contribution is -2.16. The molecule has 0 amide bonds. The number of rotatable bonds is 3. The summed E-state index contributed by atoms with van der Waals surface area (Å²) < 4.78 is 0. The quantitative estimate of drug-likeness (QED) is 0.619. The molecule has 0 bridgehead atoms. The van der Waals surface area contributed by atoms with Gasteiger partial charge in [0.2, 0.25) is 0 Å². The Kier molecular flexibility index (Phi) is 2.19. The summed E-state index contributed by atoms with van der Waals surface area (Å²) in [6.07, 6.45) is 1.91. The van der Waals surface area contributed by atoms with Gasteiger partial charge in [0.1, 0.15) is 12.2 Å². The number of nitrogens with zero attached hydrogens (tertiary/aromatic N) is 6. The third-order valence-corrected chi connectivity index (χ3v) is 1.74. The van der Waals surface area contributed by atoms with Crippen LogP contribution in [0.25, 0.3) is 0 Å². The van der Waals surface area contributed by atoms with Crippen LogP contribution < -0.4 is 5.73 Å². The van der Waals surface area contributed by atoms with Crippen molar-refractivity contribution in [1.29, 1.82) is 0 Å². The second-order valence-electron chi connectivity index (χ2n) is 2.88. The Labute approximate surface area is 79.5 Å². The number of aryl methyl sites for hydroxylation is 1. The molecule has 14 heavy (non-hydrogen) atoms. The molecule has 0 aliphatic heterocycles. The number of aromatic amines is 1. The summed E-state index contributed by atoms with van der Waals surface area (Å²) in [5.74, 6) is 1.22. The van der Waals surface area contributed by atoms with Crippen molar-refractivity contribution in [2.45, 2.75) is 12.5 Å². The molecule has 74 valence electrons. The summed E-state index contributed by atoms with van der Waals surface area (Å²) in [6, 6.07) is -0.276. The Morgan fingerprint density at radius 3 is 3.07 bits per heavy atom. The summed E-state index contributed by atoms with van der Waals surface area (Å²) >= 11 is 0. The highest BCUT2D eigenvalue weighted by Gasteiger charge is 2.12. The van der Waals surface area contributed by atoms with Crippen LogP contribution in [0.3, 0.4) is 0 Å². The number of tetrazole rings is 1. The molecule has 0 saturated heterocycles. The first-order valence-electron chi connectivity index (χ1n) is 4.09. The molecule has 0 radical (unpaired) electrons. The molecule has 0 fully saturated rings. The lowest BCUT2D eigenvalue weighted by molar-refractivity contribution is 0.616. The van der Waals surface area contributed by atoms with Crippen molar-refractivity contribution >= 4 is 0 Å². The van der Waals surface area contributed by atoms with Crippen molar-refractivity contribution in [3.63, 3.8) is 0 Å². The van der Waals surface area contributed by atoms with Crippen molar-refractivity contribution < 1.29 is 0 Å². The minimum absolute atomic E-state index is 0.276. The molecule has 2 heterocycles. The zero-order chi connectivity index (χ0) is 9.97. The van der Waals surface area contributed by atoms with Crippen molar-refractivity contribution in [2.24, 2.45) is 12.8 Å². The van der Waals surface area contributed by atoms with Crippen LogP contribution in [0.5, 0.6) is 0 Å². The lowest BCUT2D eigenvalue weighted by atomic mass is 10.2. The average molecular weight is 194 g/mol. The fourth-order valence-corrected chi connectivity index (χ4v) is 1.09. The average Bonchev–Trinajstić information content (AvgIpc) is 2.75. The Bertz CT molecular complexity index is 390. The first kappa shape index (κ1) is 8.75. The van der Waals surface area contributed by atoms with Crippen LogP contribution >= 0.6 is 0 Å². The second-order valence-corrected chi connectivity index (χ2v) is 2.88.